The molecular weight excluding hydrogens is 300 g/mol. The van der Waals surface area contributed by atoms with Gasteiger partial charge in [-0.05, 0) is 43.9 Å². The molecule has 2 fully saturated rings. The van der Waals surface area contributed by atoms with E-state index >= 15 is 0 Å². The van der Waals surface area contributed by atoms with Crippen LogP contribution in [-0.4, -0.2) is 78.4 Å². The summed E-state index contributed by atoms with van der Waals surface area (Å²) >= 11 is 0. The van der Waals surface area contributed by atoms with Crippen LogP contribution in [0.4, 0.5) is 5.82 Å². The molecule has 1 N–H and O–H groups in total. The zero-order valence-corrected chi connectivity index (χ0v) is 15.0. The maximum absolute atomic E-state index is 9.89. The number of β-amino-alcohol motifs (C(OH)–C–C–N with tert-alkyl or cyclic N) is 1. The number of nitrogens with zero attached hydrogens (tertiary/aromatic N) is 4. The quantitative estimate of drug-likeness (QED) is 0.859. The zero-order chi connectivity index (χ0) is 16.8. The van der Waals surface area contributed by atoms with Gasteiger partial charge in [0.15, 0.2) is 0 Å². The third kappa shape index (κ3) is 4.91. The van der Waals surface area contributed by atoms with Crippen molar-refractivity contribution in [2.24, 2.45) is 5.92 Å². The van der Waals surface area contributed by atoms with Gasteiger partial charge in [0.1, 0.15) is 5.82 Å². The molecule has 2 atom stereocenters. The largest absolute Gasteiger partial charge is 0.392 e. The highest BCUT2D eigenvalue weighted by molar-refractivity contribution is 5.38. The highest BCUT2D eigenvalue weighted by Crippen LogP contribution is 2.20. The molecule has 0 amide bonds. The number of anilines is 1. The number of hydrogen-bond donors (Lipinski definition) is 1. The molecule has 3 rings (SSSR count). The molecule has 5 heteroatoms. The van der Waals surface area contributed by atoms with Gasteiger partial charge in [0.2, 0.25) is 0 Å². The van der Waals surface area contributed by atoms with E-state index in [4.69, 9.17) is 0 Å². The van der Waals surface area contributed by atoms with Crippen LogP contribution >= 0.6 is 0 Å². The highest BCUT2D eigenvalue weighted by Gasteiger charge is 2.25. The predicted molar refractivity (Wildman–Crippen MR) is 98.4 cm³/mol. The van der Waals surface area contributed by atoms with Gasteiger partial charge in [0.05, 0.1) is 6.10 Å². The molecule has 134 valence electrons. The van der Waals surface area contributed by atoms with Gasteiger partial charge in [-0.2, -0.15) is 0 Å². The van der Waals surface area contributed by atoms with Crippen molar-refractivity contribution in [2.45, 2.75) is 32.3 Å². The first kappa shape index (κ1) is 17.6. The SMILES string of the molecule is CCC(O)CN1CCCC(CN2CCN(c3ccccn3)CC2)C1. The van der Waals surface area contributed by atoms with Crippen LogP contribution in [0.25, 0.3) is 0 Å². The lowest BCUT2D eigenvalue weighted by atomic mass is 9.96. The summed E-state index contributed by atoms with van der Waals surface area (Å²) in [5.41, 5.74) is 0. The van der Waals surface area contributed by atoms with Gasteiger partial charge in [-0.25, -0.2) is 4.98 Å². The lowest BCUT2D eigenvalue weighted by Gasteiger charge is -2.40. The number of aliphatic hydroxyl groups excluding tert-OH is 1. The van der Waals surface area contributed by atoms with Gasteiger partial charge < -0.3 is 14.9 Å². The van der Waals surface area contributed by atoms with Crippen LogP contribution in [0.15, 0.2) is 24.4 Å². The van der Waals surface area contributed by atoms with Gasteiger partial charge in [-0.15, -0.1) is 0 Å². The second-order valence-electron chi connectivity index (χ2n) is 7.31. The number of piperidine rings is 1. The smallest absolute Gasteiger partial charge is 0.128 e. The van der Waals surface area contributed by atoms with Crippen LogP contribution < -0.4 is 4.90 Å². The lowest BCUT2D eigenvalue weighted by Crippen LogP contribution is -2.50. The molecular formula is C19H32N4O. The van der Waals surface area contributed by atoms with Crippen molar-refractivity contribution in [3.8, 4) is 0 Å². The number of aromatic nitrogens is 1. The molecule has 0 saturated carbocycles. The summed E-state index contributed by atoms with van der Waals surface area (Å²) in [4.78, 5) is 11.9. The summed E-state index contributed by atoms with van der Waals surface area (Å²) in [6.07, 6.45) is 5.18. The Morgan fingerprint density at radius 2 is 2.00 bits per heavy atom. The van der Waals surface area contributed by atoms with Crippen molar-refractivity contribution in [1.82, 2.24) is 14.8 Å². The maximum atomic E-state index is 9.89. The Morgan fingerprint density at radius 3 is 2.71 bits per heavy atom. The normalized spacial score (nSPS) is 24.9. The molecule has 0 aliphatic carbocycles. The fourth-order valence-electron chi connectivity index (χ4n) is 3.96. The van der Waals surface area contributed by atoms with Crippen molar-refractivity contribution in [3.05, 3.63) is 24.4 Å². The Labute approximate surface area is 146 Å². The fraction of sp³-hybridized carbons (Fsp3) is 0.737. The van der Waals surface area contributed by atoms with E-state index in [2.05, 4.69) is 38.7 Å². The van der Waals surface area contributed by atoms with Gasteiger partial charge >= 0.3 is 0 Å². The maximum Gasteiger partial charge on any atom is 0.128 e. The van der Waals surface area contributed by atoms with Crippen molar-refractivity contribution in [2.75, 3.05) is 57.3 Å². The van der Waals surface area contributed by atoms with Gasteiger partial charge in [-0.3, -0.25) is 4.90 Å². The molecule has 2 saturated heterocycles. The van der Waals surface area contributed by atoms with Crippen LogP contribution in [-0.2, 0) is 0 Å². The molecule has 1 aromatic heterocycles. The average Bonchev–Trinajstić information content (AvgIpc) is 2.63. The predicted octanol–water partition coefficient (Wildman–Crippen LogP) is 1.69. The third-order valence-corrected chi connectivity index (χ3v) is 5.41. The van der Waals surface area contributed by atoms with E-state index in [1.165, 1.54) is 19.4 Å². The first-order valence-electron chi connectivity index (χ1n) is 9.53. The average molecular weight is 332 g/mol. The summed E-state index contributed by atoms with van der Waals surface area (Å²) in [5, 5.41) is 9.89. The minimum absolute atomic E-state index is 0.161. The zero-order valence-electron chi connectivity index (χ0n) is 15.0. The second kappa shape index (κ2) is 8.79. The van der Waals surface area contributed by atoms with E-state index in [-0.39, 0.29) is 6.10 Å². The molecule has 2 unspecified atom stereocenters. The van der Waals surface area contributed by atoms with Crippen molar-refractivity contribution < 1.29 is 5.11 Å². The molecule has 0 spiro atoms. The highest BCUT2D eigenvalue weighted by atomic mass is 16.3. The van der Waals surface area contributed by atoms with Crippen LogP contribution in [0.5, 0.6) is 0 Å². The first-order chi connectivity index (χ1) is 11.7. The van der Waals surface area contributed by atoms with E-state index in [1.807, 2.05) is 12.3 Å². The summed E-state index contributed by atoms with van der Waals surface area (Å²) in [7, 11) is 0. The third-order valence-electron chi connectivity index (χ3n) is 5.41. The Morgan fingerprint density at radius 1 is 1.17 bits per heavy atom. The van der Waals surface area contributed by atoms with E-state index < -0.39 is 0 Å². The van der Waals surface area contributed by atoms with E-state index in [9.17, 15) is 5.11 Å². The monoisotopic (exact) mass is 332 g/mol. The summed E-state index contributed by atoms with van der Waals surface area (Å²) in [6, 6.07) is 6.15. The number of hydrogen-bond acceptors (Lipinski definition) is 5. The fourth-order valence-corrected chi connectivity index (χ4v) is 3.96. The molecule has 5 nitrogen and oxygen atoms in total. The van der Waals surface area contributed by atoms with Gasteiger partial charge in [0, 0.05) is 52.0 Å². The number of pyridine rings is 1. The number of likely N-dealkylation sites (tertiary alicyclic amines) is 1. The summed E-state index contributed by atoms with van der Waals surface area (Å²) in [5.74, 6) is 1.86. The van der Waals surface area contributed by atoms with Crippen LogP contribution in [0.3, 0.4) is 0 Å². The molecule has 0 radical (unpaired) electrons. The van der Waals surface area contributed by atoms with Crippen LogP contribution in [0.1, 0.15) is 26.2 Å². The number of piperazine rings is 1. The number of rotatable bonds is 6. The topological polar surface area (TPSA) is 42.8 Å². The summed E-state index contributed by atoms with van der Waals surface area (Å²) < 4.78 is 0. The molecule has 0 aromatic carbocycles. The molecule has 2 aliphatic heterocycles. The van der Waals surface area contributed by atoms with Gasteiger partial charge in [-0.1, -0.05) is 13.0 Å². The van der Waals surface area contributed by atoms with Crippen molar-refractivity contribution >= 4 is 5.82 Å². The molecule has 0 bridgehead atoms. The molecule has 1 aromatic rings. The van der Waals surface area contributed by atoms with Crippen LogP contribution in [0, 0.1) is 5.92 Å². The van der Waals surface area contributed by atoms with Crippen LogP contribution in [0.2, 0.25) is 0 Å². The van der Waals surface area contributed by atoms with E-state index in [0.717, 1.165) is 64.0 Å². The Bertz CT molecular complexity index is 476. The van der Waals surface area contributed by atoms with Crippen molar-refractivity contribution in [3.63, 3.8) is 0 Å². The minimum Gasteiger partial charge on any atom is -0.392 e. The van der Waals surface area contributed by atoms with Crippen molar-refractivity contribution in [1.29, 1.82) is 0 Å². The Hall–Kier alpha value is -1.17. The second-order valence-corrected chi connectivity index (χ2v) is 7.31. The Balaban J connectivity index is 1.42. The van der Waals surface area contributed by atoms with Gasteiger partial charge in [0.25, 0.3) is 0 Å². The minimum atomic E-state index is -0.161. The van der Waals surface area contributed by atoms with E-state index in [0.29, 0.717) is 0 Å². The standard InChI is InChI=1S/C19H32N4O/c1-2-18(24)16-22-9-5-6-17(15-22)14-21-10-12-23(13-11-21)19-7-3-4-8-20-19/h3-4,7-8,17-18,24H,2,5-6,9-16H2,1H3. The summed E-state index contributed by atoms with van der Waals surface area (Å²) in [6.45, 7) is 10.8. The molecule has 3 heterocycles. The van der Waals surface area contributed by atoms with E-state index in [1.54, 1.807) is 0 Å². The number of aliphatic hydroxyl groups is 1. The first-order valence-corrected chi connectivity index (χ1v) is 9.53. The molecule has 2 aliphatic rings. The Kier molecular flexibility index (Phi) is 6.46. The molecule has 24 heavy (non-hydrogen) atoms. The lowest BCUT2D eigenvalue weighted by molar-refractivity contribution is 0.0712.